The van der Waals surface area contributed by atoms with Crippen molar-refractivity contribution < 1.29 is 32.2 Å². The molecule has 0 radical (unpaired) electrons. The van der Waals surface area contributed by atoms with Gasteiger partial charge in [0.05, 0.1) is 31.0 Å². The van der Waals surface area contributed by atoms with E-state index in [2.05, 4.69) is 15.8 Å². The van der Waals surface area contributed by atoms with Gasteiger partial charge in [-0.3, -0.25) is 13.9 Å². The van der Waals surface area contributed by atoms with E-state index >= 15 is 0 Å². The summed E-state index contributed by atoms with van der Waals surface area (Å²) in [5, 5.41) is 6.72. The molecule has 0 aliphatic heterocycles. The second-order valence-electron chi connectivity index (χ2n) is 9.75. The van der Waals surface area contributed by atoms with Crippen molar-refractivity contribution in [1.29, 1.82) is 0 Å². The summed E-state index contributed by atoms with van der Waals surface area (Å²) < 4.78 is 44.6. The minimum atomic E-state index is -4.20. The number of nitrogens with one attached hydrogen (secondary N) is 2. The highest BCUT2D eigenvalue weighted by molar-refractivity contribution is 7.92. The summed E-state index contributed by atoms with van der Waals surface area (Å²) in [6.45, 7) is 6.79. The molecule has 0 bridgehead atoms. The number of benzene rings is 3. The van der Waals surface area contributed by atoms with Crippen LogP contribution in [0.5, 0.6) is 17.2 Å². The van der Waals surface area contributed by atoms with E-state index in [9.17, 15) is 18.0 Å². The number of rotatable bonds is 13. The van der Waals surface area contributed by atoms with E-state index in [0.717, 1.165) is 15.4 Å². The second-order valence-corrected chi connectivity index (χ2v) is 11.6. The minimum absolute atomic E-state index is 0.0222. The van der Waals surface area contributed by atoms with E-state index in [1.807, 2.05) is 33.8 Å². The first-order chi connectivity index (χ1) is 19.9. The number of carbonyl (C=O) groups excluding carboxylic acids is 2. The van der Waals surface area contributed by atoms with Crippen molar-refractivity contribution in [3.05, 3.63) is 77.4 Å². The first kappa shape index (κ1) is 31.9. The Morgan fingerprint density at radius 3 is 2.14 bits per heavy atom. The third kappa shape index (κ3) is 8.71. The molecular weight excluding hydrogens is 560 g/mol. The Hall–Kier alpha value is -4.58. The average molecular weight is 597 g/mol. The fraction of sp³-hybridized carbons (Fsp3) is 0.300. The molecule has 224 valence electrons. The first-order valence-electron chi connectivity index (χ1n) is 13.1. The number of hydrogen-bond donors (Lipinski definition) is 2. The molecule has 0 aliphatic rings. The lowest BCUT2D eigenvalue weighted by molar-refractivity contribution is -0.123. The van der Waals surface area contributed by atoms with Crippen LogP contribution in [-0.2, 0) is 19.6 Å². The number of ether oxygens (including phenoxy) is 3. The molecule has 0 aromatic heterocycles. The zero-order valence-electron chi connectivity index (χ0n) is 24.5. The number of amides is 2. The predicted octanol–water partition coefficient (Wildman–Crippen LogP) is 3.57. The third-order valence-corrected chi connectivity index (χ3v) is 7.60. The van der Waals surface area contributed by atoms with Crippen LogP contribution in [0.4, 0.5) is 5.69 Å². The van der Waals surface area contributed by atoms with E-state index in [-0.39, 0.29) is 29.2 Å². The van der Waals surface area contributed by atoms with Gasteiger partial charge in [-0.1, -0.05) is 6.07 Å². The molecule has 11 nitrogen and oxygen atoms in total. The molecule has 0 spiro atoms. The predicted molar refractivity (Wildman–Crippen MR) is 161 cm³/mol. The van der Waals surface area contributed by atoms with Crippen LogP contribution in [0.3, 0.4) is 0 Å². The molecule has 0 saturated carbocycles. The maximum Gasteiger partial charge on any atom is 0.264 e. The van der Waals surface area contributed by atoms with Gasteiger partial charge in [0.15, 0.2) is 18.1 Å². The van der Waals surface area contributed by atoms with Crippen molar-refractivity contribution in [2.75, 3.05) is 31.7 Å². The highest BCUT2D eigenvalue weighted by Crippen LogP contribution is 2.32. The molecule has 12 heteroatoms. The largest absolute Gasteiger partial charge is 0.493 e. The molecule has 0 atom stereocenters. The van der Waals surface area contributed by atoms with Crippen LogP contribution in [0.1, 0.15) is 30.5 Å². The molecule has 0 fully saturated rings. The number of aryl methyl sites for hydroxylation is 2. The van der Waals surface area contributed by atoms with Crippen LogP contribution in [0.25, 0.3) is 0 Å². The fourth-order valence-electron chi connectivity index (χ4n) is 4.02. The van der Waals surface area contributed by atoms with E-state index in [1.54, 1.807) is 36.4 Å². The zero-order valence-corrected chi connectivity index (χ0v) is 25.3. The van der Waals surface area contributed by atoms with Crippen LogP contribution in [0.2, 0.25) is 0 Å². The fourth-order valence-corrected chi connectivity index (χ4v) is 5.44. The molecule has 0 aliphatic carbocycles. The number of methoxy groups -OCH3 is 2. The summed E-state index contributed by atoms with van der Waals surface area (Å²) in [6, 6.07) is 16.3. The van der Waals surface area contributed by atoms with Gasteiger partial charge in [-0.05, 0) is 92.9 Å². The lowest BCUT2D eigenvalue weighted by atomic mass is 10.1. The van der Waals surface area contributed by atoms with Gasteiger partial charge in [-0.25, -0.2) is 13.8 Å². The molecule has 3 rings (SSSR count). The van der Waals surface area contributed by atoms with Crippen molar-refractivity contribution in [1.82, 2.24) is 10.7 Å². The van der Waals surface area contributed by atoms with E-state index in [0.29, 0.717) is 22.7 Å². The van der Waals surface area contributed by atoms with Crippen molar-refractivity contribution in [2.45, 2.75) is 38.6 Å². The summed E-state index contributed by atoms with van der Waals surface area (Å²) >= 11 is 0. The third-order valence-electron chi connectivity index (χ3n) is 5.83. The monoisotopic (exact) mass is 596 g/mol. The first-order valence-corrected chi connectivity index (χ1v) is 14.5. The van der Waals surface area contributed by atoms with Crippen molar-refractivity contribution in [3.63, 3.8) is 0 Å². The zero-order chi connectivity index (χ0) is 30.9. The summed E-state index contributed by atoms with van der Waals surface area (Å²) in [7, 11) is -1.33. The van der Waals surface area contributed by atoms with Crippen molar-refractivity contribution >= 4 is 33.7 Å². The molecule has 0 heterocycles. The number of sulfonamides is 1. The molecule has 2 amide bonds. The number of hydrazone groups is 1. The Morgan fingerprint density at radius 2 is 1.55 bits per heavy atom. The molecule has 0 saturated heterocycles. The summed E-state index contributed by atoms with van der Waals surface area (Å²) in [5.41, 5.74) is 5.05. The Bertz CT molecular complexity index is 1520. The Labute approximate surface area is 246 Å². The highest BCUT2D eigenvalue weighted by Gasteiger charge is 2.28. The van der Waals surface area contributed by atoms with Crippen LogP contribution in [-0.4, -0.2) is 59.9 Å². The van der Waals surface area contributed by atoms with Gasteiger partial charge in [0.2, 0.25) is 0 Å². The van der Waals surface area contributed by atoms with Gasteiger partial charge < -0.3 is 19.5 Å². The molecule has 0 unspecified atom stereocenters. The average Bonchev–Trinajstić information content (AvgIpc) is 2.94. The number of hydrogen-bond acceptors (Lipinski definition) is 8. The van der Waals surface area contributed by atoms with Gasteiger partial charge in [-0.15, -0.1) is 0 Å². The van der Waals surface area contributed by atoms with Gasteiger partial charge >= 0.3 is 0 Å². The van der Waals surface area contributed by atoms with Crippen LogP contribution >= 0.6 is 0 Å². The summed E-state index contributed by atoms with van der Waals surface area (Å²) in [6.07, 6.45) is 1.41. The maximum atomic E-state index is 13.8. The van der Waals surface area contributed by atoms with E-state index in [1.165, 1.54) is 38.6 Å². The van der Waals surface area contributed by atoms with E-state index < -0.39 is 22.5 Å². The summed E-state index contributed by atoms with van der Waals surface area (Å²) in [4.78, 5) is 24.6. The van der Waals surface area contributed by atoms with Gasteiger partial charge in [0.1, 0.15) is 12.3 Å². The Morgan fingerprint density at radius 1 is 0.905 bits per heavy atom. The number of nitrogens with zero attached hydrogens (tertiary/aromatic N) is 2. The normalized spacial score (nSPS) is 11.3. The highest BCUT2D eigenvalue weighted by atomic mass is 32.2. The standard InChI is InChI=1S/C30H36N4O7S/c1-20(2)32-30(36)19-41-25-9-7-23(8-10-25)17-31-33-29(35)18-34(24-14-21(3)13-22(4)15-24)42(37,38)26-11-12-27(39-5)28(16-26)40-6/h7-17,20H,18-19H2,1-6H3,(H,32,36)(H,33,35)/b31-17-. The van der Waals surface area contributed by atoms with Crippen LogP contribution < -0.4 is 29.3 Å². The number of carbonyl (C=O) groups is 2. The lowest BCUT2D eigenvalue weighted by Gasteiger charge is -2.25. The quantitative estimate of drug-likeness (QED) is 0.227. The van der Waals surface area contributed by atoms with E-state index in [4.69, 9.17) is 14.2 Å². The van der Waals surface area contributed by atoms with Gasteiger partial charge in [0.25, 0.3) is 21.8 Å². The maximum absolute atomic E-state index is 13.8. The lowest BCUT2D eigenvalue weighted by Crippen LogP contribution is -2.39. The molecule has 42 heavy (non-hydrogen) atoms. The second kappa shape index (κ2) is 14.4. The molecule has 3 aromatic rings. The van der Waals surface area contributed by atoms with Crippen LogP contribution in [0.15, 0.2) is 70.7 Å². The van der Waals surface area contributed by atoms with Gasteiger partial charge in [-0.2, -0.15) is 5.10 Å². The van der Waals surface area contributed by atoms with Gasteiger partial charge in [0, 0.05) is 12.1 Å². The number of anilines is 1. The minimum Gasteiger partial charge on any atom is -0.493 e. The summed E-state index contributed by atoms with van der Waals surface area (Å²) in [5.74, 6) is 0.243. The van der Waals surface area contributed by atoms with Crippen LogP contribution in [0, 0.1) is 13.8 Å². The molecular formula is C30H36N4O7S. The Balaban J connectivity index is 1.76. The Kier molecular flexibility index (Phi) is 10.9. The molecule has 2 N–H and O–H groups in total. The molecule has 3 aromatic carbocycles. The smallest absolute Gasteiger partial charge is 0.264 e. The van der Waals surface area contributed by atoms with Crippen molar-refractivity contribution in [3.8, 4) is 17.2 Å². The topological polar surface area (TPSA) is 136 Å². The van der Waals surface area contributed by atoms with Crippen molar-refractivity contribution in [2.24, 2.45) is 5.10 Å². The SMILES string of the molecule is COc1ccc(S(=O)(=O)N(CC(=O)N/N=C\c2ccc(OCC(=O)NC(C)C)cc2)c2cc(C)cc(C)c2)cc1OC.